The Kier molecular flexibility index (Phi) is 4.18. The van der Waals surface area contributed by atoms with Gasteiger partial charge in [0.25, 0.3) is 5.69 Å². The molecule has 2 aromatic rings. The van der Waals surface area contributed by atoms with E-state index in [9.17, 15) is 14.5 Å². The standard InChI is InChI=1S/C13H9BrFN3O3/c14-9-5-7(13(16)17)1-3-11(9)21-12-4-2-8(18(19)20)6-10(12)15/h1-6H,(H3,16,17). The number of nitrogens with zero attached hydrogens (tertiary/aromatic N) is 1. The van der Waals surface area contributed by atoms with Gasteiger partial charge < -0.3 is 10.5 Å². The van der Waals surface area contributed by atoms with E-state index in [1.54, 1.807) is 12.1 Å². The summed E-state index contributed by atoms with van der Waals surface area (Å²) in [5.74, 6) is -0.792. The zero-order valence-electron chi connectivity index (χ0n) is 10.5. The van der Waals surface area contributed by atoms with Gasteiger partial charge in [-0.1, -0.05) is 0 Å². The van der Waals surface area contributed by atoms with Crippen molar-refractivity contribution in [1.82, 2.24) is 0 Å². The largest absolute Gasteiger partial charge is 0.453 e. The minimum absolute atomic E-state index is 0.108. The normalized spacial score (nSPS) is 10.2. The van der Waals surface area contributed by atoms with E-state index in [0.717, 1.165) is 12.1 Å². The number of ether oxygens (including phenoxy) is 1. The highest BCUT2D eigenvalue weighted by molar-refractivity contribution is 9.10. The van der Waals surface area contributed by atoms with Gasteiger partial charge in [-0.15, -0.1) is 0 Å². The number of rotatable bonds is 4. The van der Waals surface area contributed by atoms with Crippen molar-refractivity contribution in [3.05, 3.63) is 62.4 Å². The van der Waals surface area contributed by atoms with Gasteiger partial charge in [0.15, 0.2) is 11.6 Å². The van der Waals surface area contributed by atoms with Crippen LogP contribution in [0.1, 0.15) is 5.56 Å². The molecule has 2 aromatic carbocycles. The molecule has 0 heterocycles. The molecular formula is C13H9BrFN3O3. The molecule has 0 aliphatic heterocycles. The summed E-state index contributed by atoms with van der Waals surface area (Å²) >= 11 is 3.23. The third-order valence-corrected chi connectivity index (χ3v) is 3.21. The zero-order chi connectivity index (χ0) is 15.6. The summed E-state index contributed by atoms with van der Waals surface area (Å²) in [6.45, 7) is 0. The number of nitrogen functional groups attached to an aromatic ring is 1. The van der Waals surface area contributed by atoms with E-state index in [0.29, 0.717) is 15.8 Å². The Bertz CT molecular complexity index is 675. The Labute approximate surface area is 127 Å². The van der Waals surface area contributed by atoms with Crippen molar-refractivity contribution in [3.63, 3.8) is 0 Å². The van der Waals surface area contributed by atoms with E-state index in [2.05, 4.69) is 15.9 Å². The van der Waals surface area contributed by atoms with Gasteiger partial charge in [-0.25, -0.2) is 4.39 Å². The number of nitrogens with two attached hydrogens (primary N) is 1. The molecular weight excluding hydrogens is 345 g/mol. The minimum Gasteiger partial charge on any atom is -0.453 e. The van der Waals surface area contributed by atoms with Crippen LogP contribution < -0.4 is 10.5 Å². The van der Waals surface area contributed by atoms with Crippen LogP contribution >= 0.6 is 15.9 Å². The third kappa shape index (κ3) is 3.34. The summed E-state index contributed by atoms with van der Waals surface area (Å²) in [7, 11) is 0. The molecule has 0 unspecified atom stereocenters. The van der Waals surface area contributed by atoms with Crippen LogP contribution in [0, 0.1) is 21.3 Å². The lowest BCUT2D eigenvalue weighted by atomic mass is 10.2. The maximum Gasteiger partial charge on any atom is 0.272 e. The van der Waals surface area contributed by atoms with E-state index < -0.39 is 10.7 Å². The first kappa shape index (κ1) is 14.9. The van der Waals surface area contributed by atoms with Gasteiger partial charge in [-0.3, -0.25) is 15.5 Å². The first-order chi connectivity index (χ1) is 9.88. The molecule has 8 heteroatoms. The lowest BCUT2D eigenvalue weighted by Crippen LogP contribution is -2.10. The van der Waals surface area contributed by atoms with Crippen LogP contribution in [0.2, 0.25) is 0 Å². The summed E-state index contributed by atoms with van der Waals surface area (Å²) in [6.07, 6.45) is 0. The molecule has 0 fully saturated rings. The molecule has 2 rings (SSSR count). The molecule has 0 amide bonds. The maximum absolute atomic E-state index is 13.7. The number of nitro benzene ring substituents is 1. The Balaban J connectivity index is 2.30. The Morgan fingerprint density at radius 2 is 1.95 bits per heavy atom. The monoisotopic (exact) mass is 353 g/mol. The fraction of sp³-hybridized carbons (Fsp3) is 0. The van der Waals surface area contributed by atoms with Crippen molar-refractivity contribution in [2.45, 2.75) is 0 Å². The van der Waals surface area contributed by atoms with Crippen molar-refractivity contribution < 1.29 is 14.1 Å². The van der Waals surface area contributed by atoms with Crippen LogP contribution in [0.5, 0.6) is 11.5 Å². The second-order valence-corrected chi connectivity index (χ2v) is 4.89. The van der Waals surface area contributed by atoms with E-state index in [1.165, 1.54) is 12.1 Å². The minimum atomic E-state index is -0.841. The summed E-state index contributed by atoms with van der Waals surface area (Å²) in [5.41, 5.74) is 5.48. The van der Waals surface area contributed by atoms with Gasteiger partial charge in [-0.2, -0.15) is 0 Å². The van der Waals surface area contributed by atoms with Crippen molar-refractivity contribution in [1.29, 1.82) is 5.41 Å². The molecule has 6 nitrogen and oxygen atoms in total. The molecule has 0 aromatic heterocycles. The number of nitro groups is 1. The summed E-state index contributed by atoms with van der Waals surface area (Å²) in [5, 5.41) is 17.9. The average Bonchev–Trinajstić information content (AvgIpc) is 2.42. The van der Waals surface area contributed by atoms with Crippen LogP contribution in [-0.4, -0.2) is 10.8 Å². The lowest BCUT2D eigenvalue weighted by molar-refractivity contribution is -0.385. The zero-order valence-corrected chi connectivity index (χ0v) is 12.1. The Morgan fingerprint density at radius 3 is 2.48 bits per heavy atom. The molecule has 0 saturated heterocycles. The van der Waals surface area contributed by atoms with E-state index >= 15 is 0 Å². The Morgan fingerprint density at radius 1 is 1.29 bits per heavy atom. The maximum atomic E-state index is 13.7. The summed E-state index contributed by atoms with van der Waals surface area (Å²) in [4.78, 5) is 9.85. The average molecular weight is 354 g/mol. The Hall–Kier alpha value is -2.48. The van der Waals surface area contributed by atoms with Gasteiger partial charge in [0.05, 0.1) is 15.5 Å². The number of hydrogen-bond donors (Lipinski definition) is 2. The van der Waals surface area contributed by atoms with Crippen molar-refractivity contribution in [2.75, 3.05) is 0 Å². The van der Waals surface area contributed by atoms with Crippen LogP contribution in [0.3, 0.4) is 0 Å². The summed E-state index contributed by atoms with van der Waals surface area (Å²) < 4.78 is 19.6. The van der Waals surface area contributed by atoms with Crippen LogP contribution in [0.25, 0.3) is 0 Å². The van der Waals surface area contributed by atoms with Gasteiger partial charge in [0.1, 0.15) is 11.6 Å². The first-order valence-electron chi connectivity index (χ1n) is 5.64. The highest BCUT2D eigenvalue weighted by Crippen LogP contribution is 2.32. The van der Waals surface area contributed by atoms with Crippen LogP contribution in [0.15, 0.2) is 40.9 Å². The second-order valence-electron chi connectivity index (χ2n) is 4.03. The van der Waals surface area contributed by atoms with Gasteiger partial charge in [0.2, 0.25) is 0 Å². The fourth-order valence-corrected chi connectivity index (χ4v) is 2.02. The fourth-order valence-electron chi connectivity index (χ4n) is 1.56. The molecule has 21 heavy (non-hydrogen) atoms. The van der Waals surface area contributed by atoms with E-state index in [4.69, 9.17) is 15.9 Å². The number of amidine groups is 1. The molecule has 0 spiro atoms. The van der Waals surface area contributed by atoms with Gasteiger partial charge >= 0.3 is 0 Å². The number of hydrogen-bond acceptors (Lipinski definition) is 4. The highest BCUT2D eigenvalue weighted by atomic mass is 79.9. The topological polar surface area (TPSA) is 102 Å². The molecule has 0 atom stereocenters. The van der Waals surface area contributed by atoms with Crippen LogP contribution in [-0.2, 0) is 0 Å². The van der Waals surface area contributed by atoms with Crippen LogP contribution in [0.4, 0.5) is 10.1 Å². The molecule has 3 N–H and O–H groups in total. The predicted molar refractivity (Wildman–Crippen MR) is 78.3 cm³/mol. The quantitative estimate of drug-likeness (QED) is 0.379. The molecule has 0 aliphatic rings. The molecule has 0 aliphatic carbocycles. The molecule has 0 saturated carbocycles. The number of benzene rings is 2. The van der Waals surface area contributed by atoms with Crippen molar-refractivity contribution in [3.8, 4) is 11.5 Å². The van der Waals surface area contributed by atoms with Crippen molar-refractivity contribution in [2.24, 2.45) is 5.73 Å². The SMILES string of the molecule is N=C(N)c1ccc(Oc2ccc([N+](=O)[O-])cc2F)c(Br)c1. The van der Waals surface area contributed by atoms with Crippen molar-refractivity contribution >= 4 is 27.5 Å². The highest BCUT2D eigenvalue weighted by Gasteiger charge is 2.13. The second kappa shape index (κ2) is 5.88. The molecule has 0 bridgehead atoms. The van der Waals surface area contributed by atoms with Gasteiger partial charge in [0, 0.05) is 11.6 Å². The smallest absolute Gasteiger partial charge is 0.272 e. The van der Waals surface area contributed by atoms with Gasteiger partial charge in [-0.05, 0) is 40.2 Å². The number of nitrogens with one attached hydrogen (secondary N) is 1. The number of halogens is 2. The lowest BCUT2D eigenvalue weighted by Gasteiger charge is -2.09. The first-order valence-corrected chi connectivity index (χ1v) is 6.43. The number of non-ortho nitro benzene ring substituents is 1. The third-order valence-electron chi connectivity index (χ3n) is 2.59. The van der Waals surface area contributed by atoms with E-state index in [-0.39, 0.29) is 17.3 Å². The molecule has 108 valence electrons. The predicted octanol–water partition coefficient (Wildman–Crippen LogP) is 3.57. The van der Waals surface area contributed by atoms with E-state index in [1.807, 2.05) is 0 Å². The molecule has 0 radical (unpaired) electrons. The summed E-state index contributed by atoms with van der Waals surface area (Å²) in [6, 6.07) is 7.73.